The summed E-state index contributed by atoms with van der Waals surface area (Å²) < 4.78 is 33.8. The van der Waals surface area contributed by atoms with Crippen molar-refractivity contribution in [1.29, 1.82) is 0 Å². The Labute approximate surface area is 201 Å². The first-order valence-corrected chi connectivity index (χ1v) is 12.9. The molecule has 1 aliphatic heterocycles. The fourth-order valence-electron chi connectivity index (χ4n) is 3.94. The van der Waals surface area contributed by atoms with Crippen LogP contribution < -0.4 is 0 Å². The Bertz CT molecular complexity index is 1150. The summed E-state index contributed by atoms with van der Waals surface area (Å²) in [6, 6.07) is 6.38. The molecular weight excluding hydrogens is 456 g/mol. The molecule has 1 aliphatic rings. The summed E-state index contributed by atoms with van der Waals surface area (Å²) in [7, 11) is -2.24. The first-order valence-electron chi connectivity index (χ1n) is 11.5. The molecule has 1 saturated heterocycles. The molecule has 2 heterocycles. The van der Waals surface area contributed by atoms with Crippen molar-refractivity contribution in [2.75, 3.05) is 33.2 Å². The van der Waals surface area contributed by atoms with Gasteiger partial charge < -0.3 is 14.5 Å². The zero-order valence-corrected chi connectivity index (χ0v) is 21.3. The van der Waals surface area contributed by atoms with Crippen molar-refractivity contribution in [3.8, 4) is 0 Å². The van der Waals surface area contributed by atoms with Gasteiger partial charge >= 0.3 is 6.09 Å². The van der Waals surface area contributed by atoms with Crippen LogP contribution in [0.4, 0.5) is 4.79 Å². The maximum atomic E-state index is 13.5. The van der Waals surface area contributed by atoms with E-state index in [2.05, 4.69) is 4.98 Å². The van der Waals surface area contributed by atoms with Crippen LogP contribution in [0.1, 0.15) is 40.5 Å². The van der Waals surface area contributed by atoms with Gasteiger partial charge in [0.2, 0.25) is 15.9 Å². The van der Waals surface area contributed by atoms with Crippen LogP contribution in [0.15, 0.2) is 41.6 Å². The van der Waals surface area contributed by atoms with Crippen LogP contribution in [0.3, 0.4) is 0 Å². The first-order chi connectivity index (χ1) is 15.9. The van der Waals surface area contributed by atoms with Crippen LogP contribution in [0.5, 0.6) is 0 Å². The maximum Gasteiger partial charge on any atom is 0.410 e. The van der Waals surface area contributed by atoms with Gasteiger partial charge in [-0.3, -0.25) is 9.78 Å². The van der Waals surface area contributed by atoms with E-state index < -0.39 is 27.8 Å². The minimum Gasteiger partial charge on any atom is -0.444 e. The lowest BCUT2D eigenvalue weighted by molar-refractivity contribution is -0.133. The lowest BCUT2D eigenvalue weighted by atomic mass is 10.2. The van der Waals surface area contributed by atoms with Gasteiger partial charge in [0.15, 0.2) is 0 Å². The van der Waals surface area contributed by atoms with Crippen LogP contribution >= 0.6 is 0 Å². The molecule has 0 bridgehead atoms. The Morgan fingerprint density at radius 2 is 1.85 bits per heavy atom. The lowest BCUT2D eigenvalue weighted by Crippen LogP contribution is -2.51. The van der Waals surface area contributed by atoms with E-state index >= 15 is 0 Å². The predicted octanol–water partition coefficient (Wildman–Crippen LogP) is 3.10. The van der Waals surface area contributed by atoms with Gasteiger partial charge in [-0.25, -0.2) is 13.2 Å². The molecule has 0 aliphatic carbocycles. The van der Waals surface area contributed by atoms with Gasteiger partial charge in [0.25, 0.3) is 0 Å². The number of rotatable bonds is 4. The van der Waals surface area contributed by atoms with E-state index in [9.17, 15) is 18.0 Å². The van der Waals surface area contributed by atoms with E-state index in [0.717, 1.165) is 10.8 Å². The fraction of sp³-hybridized carbons (Fsp3) is 0.542. The molecule has 0 N–H and O–H groups in total. The van der Waals surface area contributed by atoms with E-state index in [1.807, 2.05) is 6.92 Å². The second-order valence-electron chi connectivity index (χ2n) is 9.73. The van der Waals surface area contributed by atoms with Gasteiger partial charge in [0.05, 0.1) is 4.90 Å². The van der Waals surface area contributed by atoms with Gasteiger partial charge in [-0.2, -0.15) is 4.31 Å². The molecule has 0 saturated carbocycles. The molecule has 1 fully saturated rings. The third-order valence-electron chi connectivity index (χ3n) is 5.68. The van der Waals surface area contributed by atoms with Crippen LogP contribution in [0.25, 0.3) is 10.8 Å². The summed E-state index contributed by atoms with van der Waals surface area (Å²) in [5.74, 6) is -0.238. The Kier molecular flexibility index (Phi) is 7.82. The average molecular weight is 491 g/mol. The number of benzene rings is 1. The predicted molar refractivity (Wildman–Crippen MR) is 130 cm³/mol. The van der Waals surface area contributed by atoms with E-state index in [1.165, 1.54) is 16.3 Å². The number of carbonyl (C=O) groups is 2. The monoisotopic (exact) mass is 490 g/mol. The minimum absolute atomic E-state index is 0.132. The topological polar surface area (TPSA) is 100 Å². The summed E-state index contributed by atoms with van der Waals surface area (Å²) in [5.41, 5.74) is -0.655. The first kappa shape index (κ1) is 25.9. The maximum absolute atomic E-state index is 13.5. The van der Waals surface area contributed by atoms with E-state index in [-0.39, 0.29) is 23.9 Å². The summed E-state index contributed by atoms with van der Waals surface area (Å²) >= 11 is 0. The van der Waals surface area contributed by atoms with Crippen LogP contribution in [-0.2, 0) is 19.6 Å². The Morgan fingerprint density at radius 3 is 2.56 bits per heavy atom. The van der Waals surface area contributed by atoms with Gasteiger partial charge in [0.1, 0.15) is 12.1 Å². The van der Waals surface area contributed by atoms with E-state index in [0.29, 0.717) is 25.9 Å². The molecule has 10 heteroatoms. The average Bonchev–Trinajstić information content (AvgIpc) is 2.74. The number of sulfonamides is 1. The Hall–Kier alpha value is -2.72. The largest absolute Gasteiger partial charge is 0.444 e. The van der Waals surface area contributed by atoms with Crippen molar-refractivity contribution in [3.63, 3.8) is 0 Å². The number of pyridine rings is 1. The summed E-state index contributed by atoms with van der Waals surface area (Å²) in [6.45, 7) is 8.13. The quantitative estimate of drug-likeness (QED) is 0.653. The van der Waals surface area contributed by atoms with Gasteiger partial charge in [-0.1, -0.05) is 6.07 Å². The number of carbonyl (C=O) groups excluding carboxylic acids is 2. The number of hydrogen-bond donors (Lipinski definition) is 0. The van der Waals surface area contributed by atoms with E-state index in [1.54, 1.807) is 62.3 Å². The molecule has 0 unspecified atom stereocenters. The molecule has 1 atom stereocenters. The van der Waals surface area contributed by atoms with Crippen molar-refractivity contribution in [2.45, 2.75) is 57.1 Å². The highest BCUT2D eigenvalue weighted by Gasteiger charge is 2.33. The number of fused-ring (bicyclic) bond motifs is 1. The van der Waals surface area contributed by atoms with Gasteiger partial charge in [0, 0.05) is 50.5 Å². The summed E-state index contributed by atoms with van der Waals surface area (Å²) in [5, 5.41) is 1.67. The molecule has 0 spiro atoms. The second-order valence-corrected chi connectivity index (χ2v) is 11.6. The van der Waals surface area contributed by atoms with Crippen LogP contribution in [0.2, 0.25) is 0 Å². The van der Waals surface area contributed by atoms with E-state index in [4.69, 9.17) is 4.74 Å². The van der Waals surface area contributed by atoms with Crippen LogP contribution in [-0.4, -0.2) is 84.4 Å². The number of ether oxygens (including phenoxy) is 1. The fourth-order valence-corrected chi connectivity index (χ4v) is 5.64. The van der Waals surface area contributed by atoms with Crippen molar-refractivity contribution >= 4 is 32.8 Å². The highest BCUT2D eigenvalue weighted by atomic mass is 32.2. The molecule has 9 nitrogen and oxygen atoms in total. The van der Waals surface area contributed by atoms with Crippen molar-refractivity contribution in [3.05, 3.63) is 36.7 Å². The third kappa shape index (κ3) is 6.24. The van der Waals surface area contributed by atoms with Gasteiger partial charge in [-0.05, 0) is 64.1 Å². The molecule has 186 valence electrons. The smallest absolute Gasteiger partial charge is 0.410 e. The Morgan fingerprint density at radius 1 is 1.15 bits per heavy atom. The Balaban J connectivity index is 1.73. The second kappa shape index (κ2) is 10.3. The molecule has 0 radical (unpaired) electrons. The summed E-state index contributed by atoms with van der Waals surface area (Å²) in [4.78, 5) is 32.4. The number of amides is 2. The van der Waals surface area contributed by atoms with Crippen molar-refractivity contribution < 1.29 is 22.7 Å². The number of aromatic nitrogens is 1. The lowest BCUT2D eigenvalue weighted by Gasteiger charge is -2.36. The zero-order chi connectivity index (χ0) is 25.1. The number of nitrogens with zero attached hydrogens (tertiary/aromatic N) is 4. The normalized spacial score (nSPS) is 18.3. The number of likely N-dealkylation sites (N-methyl/N-ethyl adjacent to an activating group) is 1. The third-order valence-corrected chi connectivity index (χ3v) is 7.69. The number of hydrogen-bond acceptors (Lipinski definition) is 6. The SMILES string of the molecule is C[C@@H]1CN(C(=O)CN(C)C(=O)OC(C)(C)C)CCCCN1S(=O)(=O)c1ccc2cnccc2c1. The molecule has 1 aromatic carbocycles. The summed E-state index contributed by atoms with van der Waals surface area (Å²) in [6.07, 6.45) is 4.06. The molecule has 3 rings (SSSR count). The molecule has 1 aromatic heterocycles. The zero-order valence-electron chi connectivity index (χ0n) is 20.5. The highest BCUT2D eigenvalue weighted by Crippen LogP contribution is 2.24. The molecule has 34 heavy (non-hydrogen) atoms. The van der Waals surface area contributed by atoms with Gasteiger partial charge in [-0.15, -0.1) is 0 Å². The van der Waals surface area contributed by atoms with Crippen molar-refractivity contribution in [1.82, 2.24) is 19.1 Å². The van der Waals surface area contributed by atoms with Crippen molar-refractivity contribution in [2.24, 2.45) is 0 Å². The van der Waals surface area contributed by atoms with Crippen LogP contribution in [0, 0.1) is 0 Å². The molecular formula is C24H34N4O5S. The highest BCUT2D eigenvalue weighted by molar-refractivity contribution is 7.89. The molecule has 2 aromatic rings. The standard InChI is InChI=1S/C24H34N4O5S/c1-18-16-27(22(29)17-26(5)23(30)33-24(2,3)4)12-6-7-13-28(18)34(31,32)21-9-8-20-15-25-11-10-19(20)14-21/h8-11,14-15,18H,6-7,12-13,16-17H2,1-5H3/t18-/m1/s1. The minimum atomic E-state index is -3.76. The molecule has 2 amide bonds.